The number of carbonyl (C=O) groups is 1. The van der Waals surface area contributed by atoms with Gasteiger partial charge in [0.2, 0.25) is 0 Å². The van der Waals surface area contributed by atoms with Crippen molar-refractivity contribution >= 4 is 5.91 Å². The number of benzene rings is 3. The zero-order valence-corrected chi connectivity index (χ0v) is 21.2. The van der Waals surface area contributed by atoms with Crippen LogP contribution in [0.4, 0.5) is 0 Å². The molecule has 35 heavy (non-hydrogen) atoms. The lowest BCUT2D eigenvalue weighted by molar-refractivity contribution is 0.0711. The minimum atomic E-state index is -0.0122. The molecule has 180 valence electrons. The summed E-state index contributed by atoms with van der Waals surface area (Å²) in [6, 6.07) is 30.5. The van der Waals surface area contributed by atoms with E-state index >= 15 is 0 Å². The van der Waals surface area contributed by atoms with Crippen molar-refractivity contribution in [3.05, 3.63) is 108 Å². The number of rotatable bonds is 9. The summed E-state index contributed by atoms with van der Waals surface area (Å²) in [5, 5.41) is 5.03. The fraction of sp³-hybridized carbons (Fsp3) is 0.290. The average molecular weight is 466 g/mol. The van der Waals surface area contributed by atoms with Crippen molar-refractivity contribution in [2.24, 2.45) is 5.92 Å². The van der Waals surface area contributed by atoms with Gasteiger partial charge < -0.3 is 4.90 Å². The van der Waals surface area contributed by atoms with Crippen molar-refractivity contribution < 1.29 is 4.79 Å². The Morgan fingerprint density at radius 2 is 1.46 bits per heavy atom. The van der Waals surface area contributed by atoms with E-state index in [2.05, 4.69) is 32.9 Å². The zero-order chi connectivity index (χ0) is 24.8. The van der Waals surface area contributed by atoms with Gasteiger partial charge in [-0.1, -0.05) is 106 Å². The molecule has 0 spiro atoms. The van der Waals surface area contributed by atoms with E-state index in [9.17, 15) is 4.79 Å². The molecule has 1 aromatic heterocycles. The molecular formula is C31H35N3O. The normalized spacial score (nSPS) is 12.0. The van der Waals surface area contributed by atoms with Crippen LogP contribution < -0.4 is 0 Å². The van der Waals surface area contributed by atoms with Crippen LogP contribution in [0.3, 0.4) is 0 Å². The maximum absolute atomic E-state index is 14.3. The molecule has 0 radical (unpaired) electrons. The number of hydrogen-bond acceptors (Lipinski definition) is 2. The summed E-state index contributed by atoms with van der Waals surface area (Å²) in [7, 11) is 1.94. The van der Waals surface area contributed by atoms with Crippen LogP contribution >= 0.6 is 0 Å². The summed E-state index contributed by atoms with van der Waals surface area (Å²) >= 11 is 0. The molecule has 4 aromatic rings. The van der Waals surface area contributed by atoms with Crippen molar-refractivity contribution in [3.63, 3.8) is 0 Å². The highest BCUT2D eigenvalue weighted by atomic mass is 16.2. The number of nitrogens with zero attached hydrogens (tertiary/aromatic N) is 3. The van der Waals surface area contributed by atoms with Crippen LogP contribution in [0.5, 0.6) is 0 Å². The minimum Gasteiger partial charge on any atom is -0.335 e. The van der Waals surface area contributed by atoms with E-state index in [1.807, 2.05) is 95.5 Å². The van der Waals surface area contributed by atoms with Gasteiger partial charge in [0.15, 0.2) is 0 Å². The van der Waals surface area contributed by atoms with Crippen molar-refractivity contribution in [2.75, 3.05) is 7.05 Å². The van der Waals surface area contributed by atoms with Crippen LogP contribution in [0.15, 0.2) is 91.0 Å². The van der Waals surface area contributed by atoms with Crippen LogP contribution in [-0.2, 0) is 6.42 Å². The molecule has 0 aliphatic heterocycles. The Labute approximate surface area is 209 Å². The van der Waals surface area contributed by atoms with Gasteiger partial charge in [0.05, 0.1) is 23.0 Å². The third-order valence-electron chi connectivity index (χ3n) is 6.40. The SMILES string of the molecule is CCCc1c(C(=O)N(C)C(CC(C)C)c2ccccc2)c(-c2ccccc2)nn1-c1ccccc1. The van der Waals surface area contributed by atoms with Gasteiger partial charge in [0.1, 0.15) is 5.69 Å². The lowest BCUT2D eigenvalue weighted by Crippen LogP contribution is -2.33. The summed E-state index contributed by atoms with van der Waals surface area (Å²) in [6.45, 7) is 6.56. The minimum absolute atomic E-state index is 0.0122. The van der Waals surface area contributed by atoms with E-state index in [0.29, 0.717) is 11.5 Å². The first-order valence-electron chi connectivity index (χ1n) is 12.6. The van der Waals surface area contributed by atoms with Crippen LogP contribution in [-0.4, -0.2) is 27.6 Å². The quantitative estimate of drug-likeness (QED) is 0.259. The van der Waals surface area contributed by atoms with Gasteiger partial charge in [-0.3, -0.25) is 4.79 Å². The van der Waals surface area contributed by atoms with Crippen LogP contribution in [0.25, 0.3) is 16.9 Å². The van der Waals surface area contributed by atoms with Gasteiger partial charge in [-0.2, -0.15) is 5.10 Å². The number of carbonyl (C=O) groups excluding carboxylic acids is 1. The predicted octanol–water partition coefficient (Wildman–Crippen LogP) is 7.35. The van der Waals surface area contributed by atoms with E-state index in [0.717, 1.165) is 47.5 Å². The molecule has 0 saturated carbocycles. The van der Waals surface area contributed by atoms with Crippen LogP contribution in [0, 0.1) is 5.92 Å². The van der Waals surface area contributed by atoms with E-state index in [1.54, 1.807) is 0 Å². The molecule has 1 unspecified atom stereocenters. The molecule has 4 nitrogen and oxygen atoms in total. The average Bonchev–Trinajstić information content (AvgIpc) is 3.27. The zero-order valence-electron chi connectivity index (χ0n) is 21.2. The molecular weight excluding hydrogens is 430 g/mol. The molecule has 4 rings (SSSR count). The smallest absolute Gasteiger partial charge is 0.258 e. The van der Waals surface area contributed by atoms with Crippen molar-refractivity contribution in [1.82, 2.24) is 14.7 Å². The monoisotopic (exact) mass is 465 g/mol. The third kappa shape index (κ3) is 5.37. The van der Waals surface area contributed by atoms with Gasteiger partial charge in [0.25, 0.3) is 5.91 Å². The highest BCUT2D eigenvalue weighted by Crippen LogP contribution is 2.33. The molecule has 4 heteroatoms. The fourth-order valence-electron chi connectivity index (χ4n) is 4.68. The Morgan fingerprint density at radius 1 is 0.886 bits per heavy atom. The Bertz CT molecular complexity index is 1230. The van der Waals surface area contributed by atoms with Crippen LogP contribution in [0.2, 0.25) is 0 Å². The molecule has 1 atom stereocenters. The summed E-state index contributed by atoms with van der Waals surface area (Å²) < 4.78 is 1.97. The molecule has 0 fully saturated rings. The summed E-state index contributed by atoms with van der Waals surface area (Å²) in [6.07, 6.45) is 2.58. The number of hydrogen-bond donors (Lipinski definition) is 0. The van der Waals surface area contributed by atoms with E-state index in [1.165, 1.54) is 0 Å². The maximum Gasteiger partial charge on any atom is 0.258 e. The summed E-state index contributed by atoms with van der Waals surface area (Å²) in [5.74, 6) is 0.468. The Morgan fingerprint density at radius 3 is 2.03 bits per heavy atom. The van der Waals surface area contributed by atoms with Crippen molar-refractivity contribution in [2.45, 2.75) is 46.1 Å². The van der Waals surface area contributed by atoms with E-state index in [-0.39, 0.29) is 11.9 Å². The largest absolute Gasteiger partial charge is 0.335 e. The maximum atomic E-state index is 14.3. The Balaban J connectivity index is 1.88. The van der Waals surface area contributed by atoms with Gasteiger partial charge in [-0.15, -0.1) is 0 Å². The van der Waals surface area contributed by atoms with Gasteiger partial charge in [-0.25, -0.2) is 4.68 Å². The lowest BCUT2D eigenvalue weighted by atomic mass is 9.94. The second kappa shape index (κ2) is 11.2. The summed E-state index contributed by atoms with van der Waals surface area (Å²) in [4.78, 5) is 16.3. The molecule has 0 aliphatic carbocycles. The first kappa shape index (κ1) is 24.5. The predicted molar refractivity (Wildman–Crippen MR) is 144 cm³/mol. The van der Waals surface area contributed by atoms with Gasteiger partial charge >= 0.3 is 0 Å². The second-order valence-electron chi connectivity index (χ2n) is 9.51. The Kier molecular flexibility index (Phi) is 7.81. The molecule has 1 heterocycles. The van der Waals surface area contributed by atoms with Gasteiger partial charge in [-0.05, 0) is 36.5 Å². The van der Waals surface area contributed by atoms with Crippen LogP contribution in [0.1, 0.15) is 61.3 Å². The number of para-hydroxylation sites is 1. The van der Waals surface area contributed by atoms with E-state index in [4.69, 9.17) is 5.10 Å². The first-order valence-corrected chi connectivity index (χ1v) is 12.6. The molecule has 3 aromatic carbocycles. The lowest BCUT2D eigenvalue weighted by Gasteiger charge is -2.30. The van der Waals surface area contributed by atoms with E-state index < -0.39 is 0 Å². The van der Waals surface area contributed by atoms with Gasteiger partial charge in [0, 0.05) is 12.6 Å². The van der Waals surface area contributed by atoms with Crippen molar-refractivity contribution in [3.8, 4) is 16.9 Å². The number of aromatic nitrogens is 2. The van der Waals surface area contributed by atoms with Crippen molar-refractivity contribution in [1.29, 1.82) is 0 Å². The standard InChI is InChI=1S/C31H35N3O/c1-5-15-27-29(31(35)33(4)28(22-23(2)3)24-16-9-6-10-17-24)30(25-18-11-7-12-19-25)32-34(27)26-20-13-8-14-21-26/h6-14,16-21,23,28H,5,15,22H2,1-4H3. The second-order valence-corrected chi connectivity index (χ2v) is 9.51. The first-order chi connectivity index (χ1) is 17.0. The highest BCUT2D eigenvalue weighted by Gasteiger charge is 2.31. The number of amides is 1. The molecule has 0 N–H and O–H groups in total. The molecule has 0 bridgehead atoms. The Hall–Kier alpha value is -3.66. The topological polar surface area (TPSA) is 38.1 Å². The molecule has 0 aliphatic rings. The third-order valence-corrected chi connectivity index (χ3v) is 6.40. The molecule has 1 amide bonds. The highest BCUT2D eigenvalue weighted by molar-refractivity contribution is 6.01. The summed E-state index contributed by atoms with van der Waals surface area (Å²) in [5.41, 5.74) is 5.49. The molecule has 0 saturated heterocycles. The fourth-order valence-corrected chi connectivity index (χ4v) is 4.68.